The third-order valence-corrected chi connectivity index (χ3v) is 2.72. The largest absolute Gasteiger partial charge is 0.497 e. The van der Waals surface area contributed by atoms with Crippen LogP contribution in [0.1, 0.15) is 15.9 Å². The van der Waals surface area contributed by atoms with Crippen molar-refractivity contribution in [3.05, 3.63) is 59.7 Å². The highest BCUT2D eigenvalue weighted by Crippen LogP contribution is 2.18. The smallest absolute Gasteiger partial charge is 0.256 e. The van der Waals surface area contributed by atoms with Crippen LogP contribution >= 0.6 is 0 Å². The Balaban J connectivity index is 2.23. The third-order valence-electron chi connectivity index (χ3n) is 2.72. The molecule has 3 nitrogen and oxygen atoms in total. The molecule has 0 bridgehead atoms. The van der Waals surface area contributed by atoms with E-state index in [1.54, 1.807) is 13.2 Å². The van der Waals surface area contributed by atoms with Crippen LogP contribution < -0.4 is 10.1 Å². The summed E-state index contributed by atoms with van der Waals surface area (Å²) in [6.07, 6.45) is 0. The SMILES string of the molecule is COc1ccc(C)c(C(=O)Nc2ccccc2)c1. The van der Waals surface area contributed by atoms with Crippen molar-refractivity contribution in [2.45, 2.75) is 6.92 Å². The van der Waals surface area contributed by atoms with E-state index in [9.17, 15) is 4.79 Å². The molecule has 1 N–H and O–H groups in total. The quantitative estimate of drug-likeness (QED) is 0.895. The fourth-order valence-electron chi connectivity index (χ4n) is 1.69. The monoisotopic (exact) mass is 241 g/mol. The molecule has 0 aliphatic carbocycles. The molecule has 0 atom stereocenters. The van der Waals surface area contributed by atoms with Crippen molar-refractivity contribution in [1.29, 1.82) is 0 Å². The number of carbonyl (C=O) groups is 1. The number of ether oxygens (including phenoxy) is 1. The number of carbonyl (C=O) groups excluding carboxylic acids is 1. The van der Waals surface area contributed by atoms with Crippen LogP contribution in [0.2, 0.25) is 0 Å². The second-order valence-electron chi connectivity index (χ2n) is 4.00. The second kappa shape index (κ2) is 5.36. The maximum Gasteiger partial charge on any atom is 0.256 e. The Kier molecular flexibility index (Phi) is 3.63. The number of para-hydroxylation sites is 1. The van der Waals surface area contributed by atoms with Gasteiger partial charge in [0, 0.05) is 11.3 Å². The number of aryl methyl sites for hydroxylation is 1. The van der Waals surface area contributed by atoms with Crippen LogP contribution in [0.3, 0.4) is 0 Å². The van der Waals surface area contributed by atoms with E-state index in [4.69, 9.17) is 4.74 Å². The number of rotatable bonds is 3. The van der Waals surface area contributed by atoms with Crippen LogP contribution in [0.25, 0.3) is 0 Å². The minimum atomic E-state index is -0.127. The summed E-state index contributed by atoms with van der Waals surface area (Å²) >= 11 is 0. The zero-order valence-electron chi connectivity index (χ0n) is 10.4. The summed E-state index contributed by atoms with van der Waals surface area (Å²) < 4.78 is 5.13. The molecule has 2 aromatic rings. The Hall–Kier alpha value is -2.29. The van der Waals surface area contributed by atoms with Crippen LogP contribution in [0, 0.1) is 6.92 Å². The summed E-state index contributed by atoms with van der Waals surface area (Å²) in [7, 11) is 1.59. The average Bonchev–Trinajstić information content (AvgIpc) is 2.40. The van der Waals surface area contributed by atoms with Crippen molar-refractivity contribution < 1.29 is 9.53 Å². The molecule has 0 aromatic heterocycles. The molecule has 0 spiro atoms. The zero-order valence-corrected chi connectivity index (χ0v) is 10.4. The van der Waals surface area contributed by atoms with E-state index in [2.05, 4.69) is 5.32 Å². The van der Waals surface area contributed by atoms with Gasteiger partial charge in [-0.2, -0.15) is 0 Å². The predicted octanol–water partition coefficient (Wildman–Crippen LogP) is 3.26. The van der Waals surface area contributed by atoms with Gasteiger partial charge in [-0.1, -0.05) is 24.3 Å². The van der Waals surface area contributed by atoms with Crippen LogP contribution in [-0.4, -0.2) is 13.0 Å². The molecule has 3 heteroatoms. The number of hydrogen-bond donors (Lipinski definition) is 1. The number of amides is 1. The topological polar surface area (TPSA) is 38.3 Å². The fourth-order valence-corrected chi connectivity index (χ4v) is 1.69. The van der Waals surface area contributed by atoms with Crippen LogP contribution in [0.5, 0.6) is 5.75 Å². The Morgan fingerprint density at radius 1 is 1.11 bits per heavy atom. The molecular formula is C15H15NO2. The van der Waals surface area contributed by atoms with Gasteiger partial charge in [0.1, 0.15) is 5.75 Å². The standard InChI is InChI=1S/C15H15NO2/c1-11-8-9-13(18-2)10-14(11)15(17)16-12-6-4-3-5-7-12/h3-10H,1-2H3,(H,16,17). The van der Waals surface area contributed by atoms with E-state index >= 15 is 0 Å². The first-order valence-corrected chi connectivity index (χ1v) is 5.72. The molecule has 0 unspecified atom stereocenters. The normalized spacial score (nSPS) is 9.89. The van der Waals surface area contributed by atoms with Crippen molar-refractivity contribution in [3.63, 3.8) is 0 Å². The summed E-state index contributed by atoms with van der Waals surface area (Å²) in [5, 5.41) is 2.86. The lowest BCUT2D eigenvalue weighted by molar-refractivity contribution is 0.102. The Morgan fingerprint density at radius 3 is 2.50 bits per heavy atom. The summed E-state index contributed by atoms with van der Waals surface area (Å²) in [5.41, 5.74) is 2.33. The number of hydrogen-bond acceptors (Lipinski definition) is 2. The highest BCUT2D eigenvalue weighted by Gasteiger charge is 2.10. The van der Waals surface area contributed by atoms with Crippen LogP contribution in [0.15, 0.2) is 48.5 Å². The first-order valence-electron chi connectivity index (χ1n) is 5.72. The molecule has 1 amide bonds. The van der Waals surface area contributed by atoms with Crippen molar-refractivity contribution in [2.75, 3.05) is 12.4 Å². The summed E-state index contributed by atoms with van der Waals surface area (Å²) in [6, 6.07) is 14.8. The zero-order chi connectivity index (χ0) is 13.0. The maximum atomic E-state index is 12.1. The lowest BCUT2D eigenvalue weighted by Gasteiger charge is -2.09. The maximum absolute atomic E-state index is 12.1. The van der Waals surface area contributed by atoms with Gasteiger partial charge in [-0.3, -0.25) is 4.79 Å². The Bertz CT molecular complexity index is 550. The van der Waals surface area contributed by atoms with E-state index in [-0.39, 0.29) is 5.91 Å². The van der Waals surface area contributed by atoms with Crippen LogP contribution in [0.4, 0.5) is 5.69 Å². The van der Waals surface area contributed by atoms with Gasteiger partial charge in [-0.25, -0.2) is 0 Å². The first-order chi connectivity index (χ1) is 8.70. The predicted molar refractivity (Wildman–Crippen MR) is 72.1 cm³/mol. The van der Waals surface area contributed by atoms with Gasteiger partial charge >= 0.3 is 0 Å². The van der Waals surface area contributed by atoms with E-state index in [0.29, 0.717) is 11.3 Å². The van der Waals surface area contributed by atoms with Gasteiger partial charge in [0.2, 0.25) is 0 Å². The number of anilines is 1. The number of benzene rings is 2. The van der Waals surface area contributed by atoms with Gasteiger partial charge in [-0.05, 0) is 36.8 Å². The molecule has 0 saturated carbocycles. The molecule has 18 heavy (non-hydrogen) atoms. The lowest BCUT2D eigenvalue weighted by Crippen LogP contribution is -2.13. The number of methoxy groups -OCH3 is 1. The Labute approximate surface area is 106 Å². The van der Waals surface area contributed by atoms with E-state index < -0.39 is 0 Å². The molecule has 2 aromatic carbocycles. The van der Waals surface area contributed by atoms with Crippen molar-refractivity contribution >= 4 is 11.6 Å². The molecule has 2 rings (SSSR count). The van der Waals surface area contributed by atoms with Gasteiger partial charge in [-0.15, -0.1) is 0 Å². The summed E-state index contributed by atoms with van der Waals surface area (Å²) in [5.74, 6) is 0.552. The molecule has 0 saturated heterocycles. The van der Waals surface area contributed by atoms with E-state index in [1.165, 1.54) is 0 Å². The molecule has 92 valence electrons. The highest BCUT2D eigenvalue weighted by molar-refractivity contribution is 6.05. The summed E-state index contributed by atoms with van der Waals surface area (Å²) in [4.78, 5) is 12.1. The van der Waals surface area contributed by atoms with Gasteiger partial charge in [0.15, 0.2) is 0 Å². The fraction of sp³-hybridized carbons (Fsp3) is 0.133. The van der Waals surface area contributed by atoms with Crippen LogP contribution in [-0.2, 0) is 0 Å². The molecular weight excluding hydrogens is 226 g/mol. The second-order valence-corrected chi connectivity index (χ2v) is 4.00. The molecule has 0 aliphatic heterocycles. The minimum Gasteiger partial charge on any atom is -0.497 e. The minimum absolute atomic E-state index is 0.127. The first kappa shape index (κ1) is 12.2. The van der Waals surface area contributed by atoms with Gasteiger partial charge in [0.25, 0.3) is 5.91 Å². The lowest BCUT2D eigenvalue weighted by atomic mass is 10.1. The van der Waals surface area contributed by atoms with E-state index in [1.807, 2.05) is 49.4 Å². The summed E-state index contributed by atoms with van der Waals surface area (Å²) in [6.45, 7) is 1.90. The van der Waals surface area contributed by atoms with Crippen molar-refractivity contribution in [1.82, 2.24) is 0 Å². The molecule has 0 fully saturated rings. The molecule has 0 heterocycles. The molecule has 0 aliphatic rings. The van der Waals surface area contributed by atoms with Gasteiger partial charge in [0.05, 0.1) is 7.11 Å². The van der Waals surface area contributed by atoms with Crippen molar-refractivity contribution in [3.8, 4) is 5.75 Å². The van der Waals surface area contributed by atoms with Gasteiger partial charge < -0.3 is 10.1 Å². The Morgan fingerprint density at radius 2 is 1.83 bits per heavy atom. The number of nitrogens with one attached hydrogen (secondary N) is 1. The highest BCUT2D eigenvalue weighted by atomic mass is 16.5. The van der Waals surface area contributed by atoms with Crippen molar-refractivity contribution in [2.24, 2.45) is 0 Å². The molecule has 0 radical (unpaired) electrons. The average molecular weight is 241 g/mol. The van der Waals surface area contributed by atoms with E-state index in [0.717, 1.165) is 11.3 Å². The third kappa shape index (κ3) is 2.69.